The predicted molar refractivity (Wildman–Crippen MR) is 62.3 cm³/mol. The van der Waals surface area contributed by atoms with Gasteiger partial charge in [0.2, 0.25) is 5.91 Å². The summed E-state index contributed by atoms with van der Waals surface area (Å²) in [5, 5.41) is 0. The molecule has 2 N–H and O–H groups in total. The highest BCUT2D eigenvalue weighted by Crippen LogP contribution is 2.31. The topological polar surface area (TPSA) is 78.6 Å². The minimum absolute atomic E-state index is 0.0797. The van der Waals surface area contributed by atoms with E-state index in [9.17, 15) is 9.59 Å². The lowest BCUT2D eigenvalue weighted by Crippen LogP contribution is -2.22. The molecule has 0 aromatic heterocycles. The van der Waals surface area contributed by atoms with Gasteiger partial charge in [-0.1, -0.05) is 6.07 Å². The zero-order chi connectivity index (χ0) is 12.8. The van der Waals surface area contributed by atoms with Crippen molar-refractivity contribution in [3.8, 4) is 11.5 Å². The van der Waals surface area contributed by atoms with Crippen LogP contribution in [0, 0.1) is 0 Å². The summed E-state index contributed by atoms with van der Waals surface area (Å²) in [6.07, 6.45) is 0.341. The number of carbonyl (C=O) groups excluding carboxylic acids is 2. The Morgan fingerprint density at radius 2 is 2.24 bits per heavy atom. The number of primary amides is 1. The second kappa shape index (κ2) is 5.89. The number of rotatable bonds is 6. The smallest absolute Gasteiger partial charge is 0.221 e. The molecule has 5 nitrogen and oxygen atoms in total. The van der Waals surface area contributed by atoms with E-state index in [2.05, 4.69) is 0 Å². The number of aldehydes is 1. The highest BCUT2D eigenvalue weighted by atomic mass is 16.5. The maximum absolute atomic E-state index is 10.9. The van der Waals surface area contributed by atoms with Crippen molar-refractivity contribution >= 4 is 12.2 Å². The van der Waals surface area contributed by atoms with Crippen LogP contribution in [0.25, 0.3) is 0 Å². The summed E-state index contributed by atoms with van der Waals surface area (Å²) in [4.78, 5) is 21.6. The molecule has 0 aliphatic rings. The van der Waals surface area contributed by atoms with Crippen LogP contribution < -0.4 is 15.2 Å². The van der Waals surface area contributed by atoms with E-state index in [1.807, 2.05) is 0 Å². The first-order valence-corrected chi connectivity index (χ1v) is 5.15. The number of nitrogens with two attached hydrogens (primary N) is 1. The standard InChI is InChI=1S/C12H15NO4/c1-8(6-11(13)15)17-12-9(7-14)4-3-5-10(12)16-2/h3-5,7-8H,6H2,1-2H3,(H2,13,15). The van der Waals surface area contributed by atoms with Gasteiger partial charge in [0.15, 0.2) is 17.8 Å². The monoisotopic (exact) mass is 237 g/mol. The van der Waals surface area contributed by atoms with Crippen molar-refractivity contribution in [3.05, 3.63) is 23.8 Å². The maximum atomic E-state index is 10.9. The molecule has 1 atom stereocenters. The molecule has 1 rings (SSSR count). The molecule has 0 radical (unpaired) electrons. The largest absolute Gasteiger partial charge is 0.493 e. The molecule has 1 aromatic rings. The number of amides is 1. The van der Waals surface area contributed by atoms with Gasteiger partial charge in [-0.2, -0.15) is 0 Å². The van der Waals surface area contributed by atoms with Crippen LogP contribution in [0.1, 0.15) is 23.7 Å². The Hall–Kier alpha value is -2.04. The van der Waals surface area contributed by atoms with Crippen molar-refractivity contribution in [2.24, 2.45) is 5.73 Å². The van der Waals surface area contributed by atoms with Gasteiger partial charge in [-0.05, 0) is 19.1 Å². The van der Waals surface area contributed by atoms with Crippen LogP contribution in [0.15, 0.2) is 18.2 Å². The average molecular weight is 237 g/mol. The Kier molecular flexibility index (Phi) is 4.51. The fraction of sp³-hybridized carbons (Fsp3) is 0.333. The highest BCUT2D eigenvalue weighted by Gasteiger charge is 2.14. The van der Waals surface area contributed by atoms with Gasteiger partial charge in [0.05, 0.1) is 19.1 Å². The number of methoxy groups -OCH3 is 1. The summed E-state index contributed by atoms with van der Waals surface area (Å²) in [6, 6.07) is 4.98. The normalized spacial score (nSPS) is 11.6. The van der Waals surface area contributed by atoms with E-state index in [0.29, 0.717) is 23.3 Å². The molecule has 1 amide bonds. The fourth-order valence-corrected chi connectivity index (χ4v) is 1.44. The molecule has 0 fully saturated rings. The van der Waals surface area contributed by atoms with Crippen molar-refractivity contribution < 1.29 is 19.1 Å². The van der Waals surface area contributed by atoms with Crippen molar-refractivity contribution in [1.82, 2.24) is 0 Å². The molecule has 17 heavy (non-hydrogen) atoms. The lowest BCUT2D eigenvalue weighted by atomic mass is 10.2. The van der Waals surface area contributed by atoms with Gasteiger partial charge in [0.1, 0.15) is 6.10 Å². The molecule has 0 spiro atoms. The molecule has 0 bridgehead atoms. The Balaban J connectivity index is 2.94. The van der Waals surface area contributed by atoms with E-state index in [1.54, 1.807) is 25.1 Å². The van der Waals surface area contributed by atoms with Gasteiger partial charge < -0.3 is 15.2 Å². The van der Waals surface area contributed by atoms with Crippen LogP contribution in [-0.4, -0.2) is 25.4 Å². The molecule has 0 heterocycles. The van der Waals surface area contributed by atoms with Crippen LogP contribution >= 0.6 is 0 Å². The van der Waals surface area contributed by atoms with E-state index in [0.717, 1.165) is 0 Å². The number of carbonyl (C=O) groups is 2. The molecule has 0 aliphatic heterocycles. The van der Waals surface area contributed by atoms with Crippen LogP contribution in [0.5, 0.6) is 11.5 Å². The van der Waals surface area contributed by atoms with Crippen molar-refractivity contribution in [1.29, 1.82) is 0 Å². The summed E-state index contributed by atoms with van der Waals surface area (Å²) in [5.74, 6) is 0.324. The zero-order valence-electron chi connectivity index (χ0n) is 9.80. The van der Waals surface area contributed by atoms with E-state index in [4.69, 9.17) is 15.2 Å². The van der Waals surface area contributed by atoms with Gasteiger partial charge in [0.25, 0.3) is 0 Å². The quantitative estimate of drug-likeness (QED) is 0.753. The molecule has 1 aromatic carbocycles. The van der Waals surface area contributed by atoms with Crippen LogP contribution in [0.2, 0.25) is 0 Å². The Labute approximate surface area is 99.5 Å². The second-order valence-electron chi connectivity index (χ2n) is 3.60. The summed E-state index contributed by atoms with van der Waals surface area (Å²) >= 11 is 0. The lowest BCUT2D eigenvalue weighted by molar-refractivity contribution is -0.119. The minimum Gasteiger partial charge on any atom is -0.493 e. The summed E-state index contributed by atoms with van der Waals surface area (Å²) in [5.41, 5.74) is 5.44. The van der Waals surface area contributed by atoms with Crippen molar-refractivity contribution in [2.75, 3.05) is 7.11 Å². The SMILES string of the molecule is COc1cccc(C=O)c1OC(C)CC(N)=O. The average Bonchev–Trinajstić information content (AvgIpc) is 2.28. The first kappa shape index (κ1) is 13.0. The van der Waals surface area contributed by atoms with Gasteiger partial charge in [-0.3, -0.25) is 9.59 Å². The van der Waals surface area contributed by atoms with Crippen LogP contribution in [0.3, 0.4) is 0 Å². The van der Waals surface area contributed by atoms with Crippen molar-refractivity contribution in [3.63, 3.8) is 0 Å². The Bertz CT molecular complexity index is 417. The van der Waals surface area contributed by atoms with Crippen LogP contribution in [-0.2, 0) is 4.79 Å². The van der Waals surface area contributed by atoms with Gasteiger partial charge >= 0.3 is 0 Å². The fourth-order valence-electron chi connectivity index (χ4n) is 1.44. The number of para-hydroxylation sites is 1. The first-order chi connectivity index (χ1) is 8.08. The first-order valence-electron chi connectivity index (χ1n) is 5.15. The highest BCUT2D eigenvalue weighted by molar-refractivity contribution is 5.81. The van der Waals surface area contributed by atoms with Gasteiger partial charge in [0, 0.05) is 0 Å². The predicted octanol–water partition coefficient (Wildman–Crippen LogP) is 1.15. The van der Waals surface area contributed by atoms with Crippen LogP contribution in [0.4, 0.5) is 0 Å². The molecular weight excluding hydrogens is 222 g/mol. The van der Waals surface area contributed by atoms with E-state index in [-0.39, 0.29) is 6.42 Å². The van der Waals surface area contributed by atoms with Gasteiger partial charge in [-0.15, -0.1) is 0 Å². The molecule has 0 aliphatic carbocycles. The second-order valence-corrected chi connectivity index (χ2v) is 3.60. The third-order valence-corrected chi connectivity index (χ3v) is 2.16. The Morgan fingerprint density at radius 1 is 1.53 bits per heavy atom. The van der Waals surface area contributed by atoms with E-state index < -0.39 is 12.0 Å². The third kappa shape index (κ3) is 3.48. The number of hydrogen-bond acceptors (Lipinski definition) is 4. The molecule has 0 saturated heterocycles. The molecule has 92 valence electrons. The number of benzene rings is 1. The molecule has 1 unspecified atom stereocenters. The summed E-state index contributed by atoms with van der Waals surface area (Å²) < 4.78 is 10.6. The zero-order valence-corrected chi connectivity index (χ0v) is 9.80. The minimum atomic E-state index is -0.458. The summed E-state index contributed by atoms with van der Waals surface area (Å²) in [7, 11) is 1.48. The third-order valence-electron chi connectivity index (χ3n) is 2.16. The lowest BCUT2D eigenvalue weighted by Gasteiger charge is -2.17. The molecule has 5 heteroatoms. The number of hydrogen-bond donors (Lipinski definition) is 1. The number of ether oxygens (including phenoxy) is 2. The Morgan fingerprint density at radius 3 is 2.76 bits per heavy atom. The van der Waals surface area contributed by atoms with Crippen molar-refractivity contribution in [2.45, 2.75) is 19.4 Å². The molecule has 0 saturated carbocycles. The maximum Gasteiger partial charge on any atom is 0.221 e. The van der Waals surface area contributed by atoms with E-state index in [1.165, 1.54) is 7.11 Å². The summed E-state index contributed by atoms with van der Waals surface area (Å²) in [6.45, 7) is 1.70. The van der Waals surface area contributed by atoms with E-state index >= 15 is 0 Å². The molecular formula is C12H15NO4. The van der Waals surface area contributed by atoms with Gasteiger partial charge in [-0.25, -0.2) is 0 Å².